The Balaban J connectivity index is -0.0000000112. The Morgan fingerprint density at radius 1 is 0.571 bits per heavy atom. The van der Waals surface area contributed by atoms with Crippen molar-refractivity contribution in [1.82, 2.24) is 0 Å². The maximum absolute atomic E-state index is 2.17. The van der Waals surface area contributed by atoms with E-state index in [-0.39, 0.29) is 13.6 Å². The maximum atomic E-state index is 2.17. The first-order valence-electron chi connectivity index (χ1n) is 5.46. The smallest absolute Gasteiger partial charge is 0 e. The molecule has 0 unspecified atom stereocenters. The molecule has 0 spiro atoms. The lowest BCUT2D eigenvalue weighted by Gasteiger charge is -1.79. The molecule has 0 heterocycles. The van der Waals surface area contributed by atoms with Crippen molar-refractivity contribution in [3.63, 3.8) is 0 Å². The molecule has 98 valence electrons. The molecule has 0 aliphatic heterocycles. The van der Waals surface area contributed by atoms with Crippen LogP contribution < -0.4 is 0 Å². The van der Waals surface area contributed by atoms with E-state index < -0.39 is 0 Å². The van der Waals surface area contributed by atoms with Crippen LogP contribution in [0.5, 0.6) is 0 Å². The van der Waals surface area contributed by atoms with E-state index >= 15 is 0 Å². The summed E-state index contributed by atoms with van der Waals surface area (Å²) in [5, 5.41) is 0. The van der Waals surface area contributed by atoms with Gasteiger partial charge in [-0.2, -0.15) is 0 Å². The van der Waals surface area contributed by atoms with Crippen LogP contribution in [-0.4, -0.2) is 0 Å². The standard InChI is InChI=1S/2C4H10.2C2H6.CH4.FH.H2/c2*1-4(2)3;2*1-2;;;/h2*4H,1-3H3;2*1-2H3;1H4;2*1H. The van der Waals surface area contributed by atoms with Crippen molar-refractivity contribution in [3.8, 4) is 0 Å². The molecule has 0 N–H and O–H groups in total. The van der Waals surface area contributed by atoms with Gasteiger partial charge in [-0.15, -0.1) is 0 Å². The van der Waals surface area contributed by atoms with E-state index in [1.807, 2.05) is 27.7 Å². The van der Waals surface area contributed by atoms with E-state index in [1.54, 1.807) is 0 Å². The Kier molecular flexibility index (Phi) is 138. The average molecular weight is 214 g/mol. The zero-order chi connectivity index (χ0) is 11.2. The summed E-state index contributed by atoms with van der Waals surface area (Å²) >= 11 is 0. The summed E-state index contributed by atoms with van der Waals surface area (Å²) in [5.41, 5.74) is 0. The Morgan fingerprint density at radius 2 is 0.571 bits per heavy atom. The van der Waals surface area contributed by atoms with Gasteiger partial charge < -0.3 is 0 Å². The third-order valence-electron chi connectivity index (χ3n) is 0. The summed E-state index contributed by atoms with van der Waals surface area (Å²) in [6.45, 7) is 21.0. The quantitative estimate of drug-likeness (QED) is 0.437. The first-order valence-corrected chi connectivity index (χ1v) is 5.46. The molecule has 0 saturated carbocycles. The minimum Gasteiger partial charge on any atom is -0.269 e. The Morgan fingerprint density at radius 3 is 0.571 bits per heavy atom. The Hall–Kier alpha value is -0.0700. The predicted octanol–water partition coefficient (Wildman–Crippen LogP) is 6.41. The molecule has 0 aromatic heterocycles. The van der Waals surface area contributed by atoms with E-state index in [0.29, 0.717) is 0 Å². The number of hydrogen-bond donors (Lipinski definition) is 0. The van der Waals surface area contributed by atoms with E-state index in [9.17, 15) is 0 Å². The van der Waals surface area contributed by atoms with Crippen molar-refractivity contribution in [2.24, 2.45) is 11.8 Å². The number of hydrogen-bond acceptors (Lipinski definition) is 0. The van der Waals surface area contributed by atoms with Gasteiger partial charge in [0.05, 0.1) is 0 Å². The highest BCUT2D eigenvalue weighted by molar-refractivity contribution is 4.21. The van der Waals surface area contributed by atoms with Gasteiger partial charge in [-0.05, 0) is 11.8 Å². The van der Waals surface area contributed by atoms with Crippen molar-refractivity contribution >= 4 is 0 Å². The van der Waals surface area contributed by atoms with Crippen LogP contribution in [0.1, 0.15) is 78.1 Å². The molecule has 0 saturated heterocycles. The van der Waals surface area contributed by atoms with Crippen molar-refractivity contribution in [2.45, 2.75) is 76.7 Å². The second kappa shape index (κ2) is 52.3. The minimum absolute atomic E-state index is 0. The lowest BCUT2D eigenvalue weighted by atomic mass is 10.3. The van der Waals surface area contributed by atoms with E-state index in [4.69, 9.17) is 0 Å². The summed E-state index contributed by atoms with van der Waals surface area (Å²) in [4.78, 5) is 0. The normalized spacial score (nSPS) is 6.00. The van der Waals surface area contributed by atoms with Crippen molar-refractivity contribution in [3.05, 3.63) is 0 Å². The zero-order valence-electron chi connectivity index (χ0n) is 11.6. The molecule has 0 nitrogen and oxygen atoms in total. The van der Waals surface area contributed by atoms with Crippen LogP contribution in [0.15, 0.2) is 0 Å². The molecule has 0 aliphatic carbocycles. The first-order chi connectivity index (χ1) is 5.46. The van der Waals surface area contributed by atoms with Gasteiger partial charge in [0.2, 0.25) is 0 Å². The summed E-state index contributed by atoms with van der Waals surface area (Å²) in [6, 6.07) is 0. The highest BCUT2D eigenvalue weighted by Gasteiger charge is 1.68. The van der Waals surface area contributed by atoms with Crippen molar-refractivity contribution in [1.29, 1.82) is 0 Å². The zero-order valence-corrected chi connectivity index (χ0v) is 11.6. The van der Waals surface area contributed by atoms with Gasteiger partial charge in [0, 0.05) is 1.43 Å². The molecule has 0 amide bonds. The van der Waals surface area contributed by atoms with E-state index in [2.05, 4.69) is 41.5 Å². The van der Waals surface area contributed by atoms with Crippen molar-refractivity contribution < 1.29 is 6.13 Å². The SMILES string of the molecule is C.CC.CC.CC(C)C.CC(C)C.F.[HH]. The third kappa shape index (κ3) is 291000. The number of rotatable bonds is 0. The fourth-order valence-corrected chi connectivity index (χ4v) is 0. The fraction of sp³-hybridized carbons (Fsp3) is 1.00. The lowest BCUT2D eigenvalue weighted by molar-refractivity contribution is 0.736. The molecule has 0 aromatic rings. The van der Waals surface area contributed by atoms with Crippen LogP contribution in [0.25, 0.3) is 0 Å². The minimum atomic E-state index is 0. The molecule has 0 aromatic carbocycles. The van der Waals surface area contributed by atoms with Crippen molar-refractivity contribution in [2.75, 3.05) is 0 Å². The van der Waals surface area contributed by atoms with Gasteiger partial charge in [0.1, 0.15) is 0 Å². The van der Waals surface area contributed by atoms with Gasteiger partial charge in [-0.25, -0.2) is 0 Å². The monoisotopic (exact) mass is 214 g/mol. The Bertz CT molecular complexity index is 26.0. The highest BCUT2D eigenvalue weighted by atomic mass is 19.0. The van der Waals surface area contributed by atoms with Gasteiger partial charge in [-0.3, -0.25) is 4.70 Å². The first kappa shape index (κ1) is 37.0. The summed E-state index contributed by atoms with van der Waals surface area (Å²) < 4.78 is 0. The molecule has 0 bridgehead atoms. The summed E-state index contributed by atoms with van der Waals surface area (Å²) in [6.07, 6.45) is 0. The number of halogens is 1. The second-order valence-corrected chi connectivity index (χ2v) is 3.46. The lowest BCUT2D eigenvalue weighted by Crippen LogP contribution is -1.66. The summed E-state index contributed by atoms with van der Waals surface area (Å²) in [7, 11) is 0. The molecule has 14 heavy (non-hydrogen) atoms. The van der Waals surface area contributed by atoms with Crippen LogP contribution >= 0.6 is 0 Å². The third-order valence-corrected chi connectivity index (χ3v) is 0. The largest absolute Gasteiger partial charge is 0.269 e. The van der Waals surface area contributed by atoms with Crippen LogP contribution in [0.3, 0.4) is 0 Å². The van der Waals surface area contributed by atoms with Gasteiger partial charge in [0.25, 0.3) is 0 Å². The van der Waals surface area contributed by atoms with Gasteiger partial charge >= 0.3 is 0 Å². The van der Waals surface area contributed by atoms with Crippen LogP contribution in [0.2, 0.25) is 0 Å². The summed E-state index contributed by atoms with van der Waals surface area (Å²) in [5.74, 6) is 1.67. The molecule has 0 atom stereocenters. The Labute approximate surface area is 95.4 Å². The predicted molar refractivity (Wildman–Crippen MR) is 75.1 cm³/mol. The van der Waals surface area contributed by atoms with Gasteiger partial charge in [-0.1, -0.05) is 76.7 Å². The second-order valence-electron chi connectivity index (χ2n) is 3.46. The van der Waals surface area contributed by atoms with Crippen LogP contribution in [-0.2, 0) is 0 Å². The topological polar surface area (TPSA) is 0 Å². The molecule has 0 radical (unpaired) electrons. The highest BCUT2D eigenvalue weighted by Crippen LogP contribution is 1.81. The fourth-order valence-electron chi connectivity index (χ4n) is 0. The molecular formula is C13H39F. The maximum Gasteiger partial charge on any atom is 0 e. The van der Waals surface area contributed by atoms with Gasteiger partial charge in [0.15, 0.2) is 0 Å². The van der Waals surface area contributed by atoms with E-state index in [1.165, 1.54) is 0 Å². The molecule has 0 rings (SSSR count). The van der Waals surface area contributed by atoms with Crippen LogP contribution in [0.4, 0.5) is 4.70 Å². The molecule has 0 fully saturated rings. The molecule has 1 heteroatoms. The van der Waals surface area contributed by atoms with Crippen LogP contribution in [0, 0.1) is 11.8 Å². The molecular weight excluding hydrogens is 175 g/mol. The van der Waals surface area contributed by atoms with E-state index in [0.717, 1.165) is 11.8 Å². The molecule has 0 aliphatic rings. The average Bonchev–Trinajstić information content (AvgIpc) is 1.93.